The molecule has 0 aliphatic heterocycles. The van der Waals surface area contributed by atoms with E-state index in [1.165, 1.54) is 31.3 Å². The first-order valence-corrected chi connectivity index (χ1v) is 7.87. The van der Waals surface area contributed by atoms with Crippen LogP contribution in [0, 0.1) is 17.8 Å². The highest BCUT2D eigenvalue weighted by atomic mass is 14.3. The highest BCUT2D eigenvalue weighted by Gasteiger charge is 2.27. The van der Waals surface area contributed by atoms with Crippen molar-refractivity contribution < 1.29 is 0 Å². The quantitative estimate of drug-likeness (QED) is 0.407. The molecule has 0 heterocycles. The summed E-state index contributed by atoms with van der Waals surface area (Å²) in [5.74, 6) is 2.25. The van der Waals surface area contributed by atoms with Gasteiger partial charge in [-0.3, -0.25) is 0 Å². The van der Waals surface area contributed by atoms with Crippen molar-refractivity contribution in [1.29, 1.82) is 0 Å². The van der Waals surface area contributed by atoms with Gasteiger partial charge in [-0.05, 0) is 62.5 Å². The second kappa shape index (κ2) is 9.65. The molecule has 0 spiro atoms. The van der Waals surface area contributed by atoms with Crippen molar-refractivity contribution in [3.05, 3.63) is 34.9 Å². The largest absolute Gasteiger partial charge is 0.120 e. The molecule has 0 aromatic carbocycles. The Balaban J connectivity index is 0.00000110. The zero-order valence-electron chi connectivity index (χ0n) is 14.3. The summed E-state index contributed by atoms with van der Waals surface area (Å²) in [6, 6.07) is 0. The van der Waals surface area contributed by atoms with Gasteiger partial charge < -0.3 is 0 Å². The molecule has 20 heavy (non-hydrogen) atoms. The maximum Gasteiger partial charge on any atom is -0.00297 e. The molecular formula is C20H32. The summed E-state index contributed by atoms with van der Waals surface area (Å²) in [5, 5.41) is 0. The second-order valence-electron chi connectivity index (χ2n) is 6.12. The van der Waals surface area contributed by atoms with Gasteiger partial charge in [0.1, 0.15) is 0 Å². The normalized spacial score (nSPS) is 18.6. The van der Waals surface area contributed by atoms with Crippen molar-refractivity contribution in [2.45, 2.75) is 73.6 Å². The molecule has 0 nitrogen and oxygen atoms in total. The van der Waals surface area contributed by atoms with Crippen LogP contribution in [0.4, 0.5) is 0 Å². The van der Waals surface area contributed by atoms with Crippen LogP contribution < -0.4 is 0 Å². The summed E-state index contributed by atoms with van der Waals surface area (Å²) in [5.41, 5.74) is 5.23. The fraction of sp³-hybridized carbons (Fsp3) is 0.600. The van der Waals surface area contributed by atoms with Gasteiger partial charge in [0.05, 0.1) is 0 Å². The Morgan fingerprint density at radius 3 is 2.40 bits per heavy atom. The molecule has 0 N–H and O–H groups in total. The maximum atomic E-state index is 4.60. The zero-order valence-corrected chi connectivity index (χ0v) is 14.3. The molecule has 0 fully saturated rings. The average Bonchev–Trinajstić information content (AvgIpc) is 2.40. The van der Waals surface area contributed by atoms with Crippen LogP contribution in [0.25, 0.3) is 0 Å². The van der Waals surface area contributed by atoms with Gasteiger partial charge in [-0.25, -0.2) is 0 Å². The summed E-state index contributed by atoms with van der Waals surface area (Å²) >= 11 is 0. The number of terminal acetylenes is 1. The summed E-state index contributed by atoms with van der Waals surface area (Å²) in [7, 11) is 0. The Labute approximate surface area is 127 Å². The minimum atomic E-state index is 0.475. The smallest absolute Gasteiger partial charge is 0.00297 e. The minimum absolute atomic E-state index is 0.475. The van der Waals surface area contributed by atoms with Gasteiger partial charge in [0.2, 0.25) is 0 Å². The van der Waals surface area contributed by atoms with Gasteiger partial charge in [-0.2, -0.15) is 0 Å². The lowest BCUT2D eigenvalue weighted by Gasteiger charge is -2.33. The lowest BCUT2D eigenvalue weighted by Crippen LogP contribution is -2.19. The van der Waals surface area contributed by atoms with E-state index in [9.17, 15) is 0 Å². The van der Waals surface area contributed by atoms with Crippen molar-refractivity contribution in [3.8, 4) is 12.3 Å². The number of hydrogen-bond acceptors (Lipinski definition) is 0. The van der Waals surface area contributed by atoms with E-state index in [1.54, 1.807) is 18.1 Å². The van der Waals surface area contributed by atoms with Crippen LogP contribution in [0.1, 0.15) is 73.6 Å². The highest BCUT2D eigenvalue weighted by molar-refractivity contribution is 5.44. The summed E-state index contributed by atoms with van der Waals surface area (Å²) in [4.78, 5) is 0. The minimum Gasteiger partial charge on any atom is -0.120 e. The van der Waals surface area contributed by atoms with Crippen molar-refractivity contribution in [1.82, 2.24) is 0 Å². The van der Waals surface area contributed by atoms with Gasteiger partial charge in [0.15, 0.2) is 0 Å². The van der Waals surface area contributed by atoms with Crippen molar-refractivity contribution in [2.24, 2.45) is 5.41 Å². The van der Waals surface area contributed by atoms with Gasteiger partial charge >= 0.3 is 0 Å². The molecule has 112 valence electrons. The Morgan fingerprint density at radius 2 is 1.95 bits per heavy atom. The van der Waals surface area contributed by atoms with Crippen molar-refractivity contribution in [2.75, 3.05) is 0 Å². The van der Waals surface area contributed by atoms with Crippen LogP contribution >= 0.6 is 0 Å². The van der Waals surface area contributed by atoms with E-state index in [0.717, 1.165) is 6.42 Å². The lowest BCUT2D eigenvalue weighted by molar-refractivity contribution is 0.314. The van der Waals surface area contributed by atoms with Crippen molar-refractivity contribution in [3.63, 3.8) is 0 Å². The number of allylic oxidation sites excluding steroid dienone is 6. The first-order chi connectivity index (χ1) is 9.45. The Hall–Kier alpha value is -1.22. The Kier molecular flexibility index (Phi) is 9.06. The predicted octanol–water partition coefficient (Wildman–Crippen LogP) is 6.46. The lowest BCUT2D eigenvalue weighted by atomic mass is 9.72. The second-order valence-corrected chi connectivity index (χ2v) is 6.12. The van der Waals surface area contributed by atoms with E-state index >= 15 is 0 Å². The molecule has 0 saturated carbocycles. The summed E-state index contributed by atoms with van der Waals surface area (Å²) < 4.78 is 0. The fourth-order valence-corrected chi connectivity index (χ4v) is 2.64. The van der Waals surface area contributed by atoms with Crippen LogP contribution in [0.3, 0.4) is 0 Å². The summed E-state index contributed by atoms with van der Waals surface area (Å²) in [6.45, 7) is 13.1. The van der Waals surface area contributed by atoms with Crippen LogP contribution in [0.5, 0.6) is 0 Å². The molecule has 0 unspecified atom stereocenters. The van der Waals surface area contributed by atoms with Gasteiger partial charge in [-0.1, -0.05) is 51.5 Å². The molecule has 0 saturated heterocycles. The first-order valence-electron chi connectivity index (χ1n) is 7.87. The van der Waals surface area contributed by atoms with Gasteiger partial charge in [0, 0.05) is 0 Å². The zero-order chi connectivity index (χ0) is 15.6. The third-order valence-electron chi connectivity index (χ3n) is 3.81. The molecule has 0 radical (unpaired) electrons. The predicted molar refractivity (Wildman–Crippen MR) is 92.6 cm³/mol. The standard InChI is InChI=1S/C17H28.C3H4/c1-6-9-10-14(7-2)16-13-17(4,5)12-11-15(16)8-3;1-3-2/h7,9-10H,6,8,11-13H2,1-5H3;1H,2H3/b10-9-,14-7+;. The molecular weight excluding hydrogens is 240 g/mol. The molecule has 0 aromatic rings. The van der Waals surface area contributed by atoms with Gasteiger partial charge in [0.25, 0.3) is 0 Å². The van der Waals surface area contributed by atoms with E-state index in [2.05, 4.69) is 65.2 Å². The fourth-order valence-electron chi connectivity index (χ4n) is 2.64. The molecule has 0 aromatic heterocycles. The van der Waals surface area contributed by atoms with E-state index in [4.69, 9.17) is 0 Å². The SMILES string of the molecule is C#CC.C/C=C(\C=C/CC)C1=C(CC)CCC(C)(C)C1. The molecule has 1 rings (SSSR count). The van der Waals surface area contributed by atoms with E-state index in [1.807, 2.05) is 0 Å². The Bertz CT molecular complexity index is 408. The molecule has 1 aliphatic carbocycles. The number of rotatable bonds is 4. The maximum absolute atomic E-state index is 4.60. The monoisotopic (exact) mass is 272 g/mol. The van der Waals surface area contributed by atoms with Crippen LogP contribution in [-0.4, -0.2) is 0 Å². The number of hydrogen-bond donors (Lipinski definition) is 0. The molecule has 0 amide bonds. The third kappa shape index (κ3) is 6.29. The van der Waals surface area contributed by atoms with Crippen LogP contribution in [-0.2, 0) is 0 Å². The molecule has 0 heteroatoms. The molecule has 1 aliphatic rings. The van der Waals surface area contributed by atoms with Gasteiger partial charge in [-0.15, -0.1) is 12.3 Å². The summed E-state index contributed by atoms with van der Waals surface area (Å²) in [6.07, 6.45) is 17.7. The first kappa shape index (κ1) is 18.8. The van der Waals surface area contributed by atoms with Crippen LogP contribution in [0.2, 0.25) is 0 Å². The molecule has 0 bridgehead atoms. The van der Waals surface area contributed by atoms with E-state index < -0.39 is 0 Å². The molecule has 0 atom stereocenters. The Morgan fingerprint density at radius 1 is 1.35 bits per heavy atom. The topological polar surface area (TPSA) is 0 Å². The van der Waals surface area contributed by atoms with Crippen LogP contribution in [0.15, 0.2) is 34.9 Å². The van der Waals surface area contributed by atoms with Crippen molar-refractivity contribution >= 4 is 0 Å². The van der Waals surface area contributed by atoms with E-state index in [0.29, 0.717) is 5.41 Å². The average molecular weight is 272 g/mol. The third-order valence-corrected chi connectivity index (χ3v) is 3.81. The van der Waals surface area contributed by atoms with E-state index in [-0.39, 0.29) is 0 Å². The highest BCUT2D eigenvalue weighted by Crippen LogP contribution is 2.42.